The first kappa shape index (κ1) is 27.0. The van der Waals surface area contributed by atoms with Crippen LogP contribution in [0.1, 0.15) is 54.5 Å². The van der Waals surface area contributed by atoms with Crippen molar-refractivity contribution in [3.05, 3.63) is 101 Å². The van der Waals surface area contributed by atoms with Crippen LogP contribution in [-0.2, 0) is 15.8 Å². The highest BCUT2D eigenvalue weighted by molar-refractivity contribution is 6.51. The van der Waals surface area contributed by atoms with E-state index in [1.165, 1.54) is 12.1 Å². The molecule has 0 aliphatic carbocycles. The number of aliphatic hydroxyl groups excluding tert-OH is 1. The van der Waals surface area contributed by atoms with E-state index in [4.69, 9.17) is 4.74 Å². The monoisotopic (exact) mass is 523 g/mol. The van der Waals surface area contributed by atoms with E-state index in [-0.39, 0.29) is 16.8 Å². The van der Waals surface area contributed by atoms with Gasteiger partial charge in [-0.1, -0.05) is 50.1 Å². The van der Waals surface area contributed by atoms with Gasteiger partial charge >= 0.3 is 6.18 Å². The lowest BCUT2D eigenvalue weighted by molar-refractivity contribution is -0.137. The number of ketones is 1. The number of carbonyl (C=O) groups is 2. The van der Waals surface area contributed by atoms with Crippen LogP contribution in [0.4, 0.5) is 18.9 Å². The van der Waals surface area contributed by atoms with Crippen molar-refractivity contribution >= 4 is 23.1 Å². The molecular formula is C30H28F3NO4. The summed E-state index contributed by atoms with van der Waals surface area (Å²) >= 11 is 0. The van der Waals surface area contributed by atoms with E-state index in [1.807, 2.05) is 0 Å². The maximum atomic E-state index is 13.5. The Balaban J connectivity index is 1.80. The lowest BCUT2D eigenvalue weighted by atomic mass is 9.92. The summed E-state index contributed by atoms with van der Waals surface area (Å²) in [6, 6.07) is 16.6. The molecule has 1 aliphatic heterocycles. The zero-order chi connectivity index (χ0) is 27.4. The highest BCUT2D eigenvalue weighted by atomic mass is 19.4. The van der Waals surface area contributed by atoms with E-state index in [0.29, 0.717) is 23.5 Å². The number of alkyl halides is 3. The second-order valence-electron chi connectivity index (χ2n) is 9.15. The topological polar surface area (TPSA) is 66.8 Å². The number of aliphatic hydroxyl groups is 1. The van der Waals surface area contributed by atoms with Gasteiger partial charge in [0.05, 0.1) is 23.8 Å². The van der Waals surface area contributed by atoms with Crippen LogP contribution >= 0.6 is 0 Å². The van der Waals surface area contributed by atoms with Crippen molar-refractivity contribution in [3.8, 4) is 5.75 Å². The van der Waals surface area contributed by atoms with Gasteiger partial charge in [0.2, 0.25) is 0 Å². The summed E-state index contributed by atoms with van der Waals surface area (Å²) in [6.45, 7) is 4.42. The molecule has 0 bridgehead atoms. The highest BCUT2D eigenvalue weighted by Gasteiger charge is 2.47. The summed E-state index contributed by atoms with van der Waals surface area (Å²) in [5.74, 6) is -1.82. The first-order valence-electron chi connectivity index (χ1n) is 12.4. The van der Waals surface area contributed by atoms with Gasteiger partial charge in [0.25, 0.3) is 11.7 Å². The van der Waals surface area contributed by atoms with Crippen LogP contribution in [0.5, 0.6) is 5.75 Å². The van der Waals surface area contributed by atoms with Gasteiger partial charge in [-0.2, -0.15) is 13.2 Å². The number of Topliss-reactive ketones (excluding diaryl/α,β-unsaturated/α-hetero) is 1. The van der Waals surface area contributed by atoms with Crippen LogP contribution < -0.4 is 9.64 Å². The number of anilines is 1. The van der Waals surface area contributed by atoms with Gasteiger partial charge in [-0.25, -0.2) is 0 Å². The van der Waals surface area contributed by atoms with E-state index < -0.39 is 35.2 Å². The summed E-state index contributed by atoms with van der Waals surface area (Å²) in [5.41, 5.74) is 0.268. The van der Waals surface area contributed by atoms with Gasteiger partial charge in [-0.05, 0) is 66.9 Å². The molecule has 5 nitrogen and oxygen atoms in total. The molecule has 198 valence electrons. The number of ether oxygens (including phenoxy) is 1. The van der Waals surface area contributed by atoms with Gasteiger partial charge in [-0.3, -0.25) is 14.5 Å². The summed E-state index contributed by atoms with van der Waals surface area (Å²) in [6.07, 6.45) is -1.62. The van der Waals surface area contributed by atoms with Crippen molar-refractivity contribution in [3.63, 3.8) is 0 Å². The molecule has 1 heterocycles. The minimum absolute atomic E-state index is 0.0925. The van der Waals surface area contributed by atoms with Crippen molar-refractivity contribution in [1.29, 1.82) is 0 Å². The summed E-state index contributed by atoms with van der Waals surface area (Å²) < 4.78 is 46.1. The van der Waals surface area contributed by atoms with Crippen LogP contribution in [0.15, 0.2) is 78.4 Å². The second kappa shape index (κ2) is 11.1. The van der Waals surface area contributed by atoms with Crippen molar-refractivity contribution in [2.75, 3.05) is 11.5 Å². The van der Waals surface area contributed by atoms with Crippen LogP contribution in [0.25, 0.3) is 5.76 Å². The number of rotatable bonds is 8. The van der Waals surface area contributed by atoms with Gasteiger partial charge in [-0.15, -0.1) is 0 Å². The Kier molecular flexibility index (Phi) is 7.90. The Morgan fingerprint density at radius 2 is 1.68 bits per heavy atom. The Morgan fingerprint density at radius 1 is 0.974 bits per heavy atom. The minimum atomic E-state index is -4.64. The van der Waals surface area contributed by atoms with Gasteiger partial charge < -0.3 is 9.84 Å². The lowest BCUT2D eigenvalue weighted by Gasteiger charge is -2.27. The quantitative estimate of drug-likeness (QED) is 0.147. The van der Waals surface area contributed by atoms with E-state index in [0.717, 1.165) is 36.3 Å². The number of unbranched alkanes of at least 4 members (excludes halogenated alkanes) is 2. The van der Waals surface area contributed by atoms with Crippen LogP contribution in [0.2, 0.25) is 0 Å². The predicted octanol–water partition coefficient (Wildman–Crippen LogP) is 7.21. The van der Waals surface area contributed by atoms with Gasteiger partial charge in [0.15, 0.2) is 0 Å². The molecule has 3 aromatic rings. The van der Waals surface area contributed by atoms with Crippen molar-refractivity contribution in [1.82, 2.24) is 0 Å². The molecule has 1 atom stereocenters. The SMILES string of the molecule is CCCCCOc1ccc(/C(O)=C2\C(=O)C(=O)N(c3cccc(C(F)(F)F)c3)C2c2ccccc2C)cc1. The number of hydrogen-bond donors (Lipinski definition) is 1. The highest BCUT2D eigenvalue weighted by Crippen LogP contribution is 2.44. The average molecular weight is 524 g/mol. The maximum absolute atomic E-state index is 13.5. The number of hydrogen-bond acceptors (Lipinski definition) is 4. The largest absolute Gasteiger partial charge is 0.507 e. The molecule has 1 aliphatic rings. The van der Waals surface area contributed by atoms with Gasteiger partial charge in [0, 0.05) is 11.3 Å². The minimum Gasteiger partial charge on any atom is -0.507 e. The fourth-order valence-corrected chi connectivity index (χ4v) is 4.53. The Labute approximate surface area is 219 Å². The molecule has 3 aromatic carbocycles. The first-order chi connectivity index (χ1) is 18.1. The molecule has 1 amide bonds. The summed E-state index contributed by atoms with van der Waals surface area (Å²) in [5, 5.41) is 11.3. The standard InChI is InChI=1S/C30H28F3NO4/c1-3-4-7-17-38-23-15-13-20(14-16-23)27(35)25-26(24-12-6-5-9-19(24)2)34(29(37)28(25)36)22-11-8-10-21(18-22)30(31,32)33/h5-6,8-16,18,26,35H,3-4,7,17H2,1-2H3/b27-25+. The Morgan fingerprint density at radius 3 is 2.34 bits per heavy atom. The molecule has 0 radical (unpaired) electrons. The van der Waals surface area contributed by atoms with E-state index >= 15 is 0 Å². The zero-order valence-corrected chi connectivity index (χ0v) is 21.1. The molecule has 0 spiro atoms. The van der Waals surface area contributed by atoms with E-state index in [2.05, 4.69) is 6.92 Å². The molecule has 1 saturated heterocycles. The number of halogens is 3. The molecule has 1 unspecified atom stereocenters. The fraction of sp³-hybridized carbons (Fsp3) is 0.267. The third-order valence-corrected chi connectivity index (χ3v) is 6.52. The van der Waals surface area contributed by atoms with Crippen LogP contribution in [0.3, 0.4) is 0 Å². The molecule has 8 heteroatoms. The molecule has 1 fully saturated rings. The first-order valence-corrected chi connectivity index (χ1v) is 12.4. The zero-order valence-electron chi connectivity index (χ0n) is 21.1. The Bertz CT molecular complexity index is 1360. The summed E-state index contributed by atoms with van der Waals surface area (Å²) in [7, 11) is 0. The van der Waals surface area contributed by atoms with Crippen molar-refractivity contribution in [2.24, 2.45) is 0 Å². The average Bonchev–Trinajstić information content (AvgIpc) is 3.16. The lowest BCUT2D eigenvalue weighted by Crippen LogP contribution is -2.30. The molecule has 0 aromatic heterocycles. The molecule has 38 heavy (non-hydrogen) atoms. The third kappa shape index (κ3) is 5.44. The number of benzene rings is 3. The van der Waals surface area contributed by atoms with E-state index in [1.54, 1.807) is 55.5 Å². The van der Waals surface area contributed by atoms with Crippen molar-refractivity contribution in [2.45, 2.75) is 45.3 Å². The molecule has 4 rings (SSSR count). The summed E-state index contributed by atoms with van der Waals surface area (Å²) in [4.78, 5) is 27.6. The Hall–Kier alpha value is -4.07. The normalized spacial score (nSPS) is 17.2. The van der Waals surface area contributed by atoms with Crippen LogP contribution in [-0.4, -0.2) is 23.4 Å². The number of amides is 1. The predicted molar refractivity (Wildman–Crippen MR) is 139 cm³/mol. The molecular weight excluding hydrogens is 495 g/mol. The smallest absolute Gasteiger partial charge is 0.416 e. The number of aryl methyl sites for hydroxylation is 1. The second-order valence-corrected chi connectivity index (χ2v) is 9.15. The molecule has 1 N–H and O–H groups in total. The van der Waals surface area contributed by atoms with E-state index in [9.17, 15) is 27.9 Å². The van der Waals surface area contributed by atoms with Crippen molar-refractivity contribution < 1.29 is 32.6 Å². The number of nitrogens with zero attached hydrogens (tertiary/aromatic N) is 1. The van der Waals surface area contributed by atoms with Gasteiger partial charge in [0.1, 0.15) is 11.5 Å². The van der Waals surface area contributed by atoms with Crippen LogP contribution in [0, 0.1) is 6.92 Å². The third-order valence-electron chi connectivity index (χ3n) is 6.52. The maximum Gasteiger partial charge on any atom is 0.416 e. The fourth-order valence-electron chi connectivity index (χ4n) is 4.53. The number of carbonyl (C=O) groups excluding carboxylic acids is 2. The molecule has 0 saturated carbocycles.